The number of primary sulfonamides is 1. The highest BCUT2D eigenvalue weighted by Gasteiger charge is 2.16. The van der Waals surface area contributed by atoms with E-state index in [0.29, 0.717) is 0 Å². The molecule has 2 rings (SSSR count). The number of ether oxygens (including phenoxy) is 1. The molecule has 0 aliphatic carbocycles. The van der Waals surface area contributed by atoms with Gasteiger partial charge in [-0.2, -0.15) is 0 Å². The maximum atomic E-state index is 11.6. The summed E-state index contributed by atoms with van der Waals surface area (Å²) in [4.78, 5) is -0.00393. The highest BCUT2D eigenvalue weighted by atomic mass is 32.2. The van der Waals surface area contributed by atoms with E-state index in [9.17, 15) is 8.42 Å². The Morgan fingerprint density at radius 2 is 1.79 bits per heavy atom. The Kier molecular flexibility index (Phi) is 3.59. The van der Waals surface area contributed by atoms with Gasteiger partial charge in [-0.25, -0.2) is 13.6 Å². The van der Waals surface area contributed by atoms with Crippen LogP contribution in [0.2, 0.25) is 0 Å². The quantitative estimate of drug-likeness (QED) is 0.936. The van der Waals surface area contributed by atoms with Gasteiger partial charge in [0.2, 0.25) is 10.0 Å². The molecule has 2 aromatic rings. The fourth-order valence-electron chi connectivity index (χ4n) is 1.96. The summed E-state index contributed by atoms with van der Waals surface area (Å²) in [6, 6.07) is 12.7. The van der Waals surface area contributed by atoms with Gasteiger partial charge in [0.1, 0.15) is 10.6 Å². The third kappa shape index (κ3) is 2.77. The van der Waals surface area contributed by atoms with Crippen molar-refractivity contribution in [1.29, 1.82) is 0 Å². The molecule has 4 nitrogen and oxygen atoms in total. The second kappa shape index (κ2) is 5.03. The maximum Gasteiger partial charge on any atom is 0.241 e. The first-order chi connectivity index (χ1) is 8.93. The number of rotatable bonds is 3. The van der Waals surface area contributed by atoms with Gasteiger partial charge in [0.25, 0.3) is 0 Å². The average Bonchev–Trinajstić information content (AvgIpc) is 2.37. The molecule has 0 saturated carbocycles. The van der Waals surface area contributed by atoms with Gasteiger partial charge < -0.3 is 4.74 Å². The zero-order valence-corrected chi connectivity index (χ0v) is 11.6. The van der Waals surface area contributed by atoms with Crippen molar-refractivity contribution in [3.8, 4) is 16.9 Å². The van der Waals surface area contributed by atoms with Crippen LogP contribution in [0.15, 0.2) is 47.4 Å². The predicted molar refractivity (Wildman–Crippen MR) is 74.5 cm³/mol. The van der Waals surface area contributed by atoms with Crippen molar-refractivity contribution in [2.75, 3.05) is 7.11 Å². The van der Waals surface area contributed by atoms with Crippen LogP contribution in [0.3, 0.4) is 0 Å². The molecule has 0 unspecified atom stereocenters. The Bertz CT molecular complexity index is 708. The molecule has 0 saturated heterocycles. The molecule has 0 radical (unpaired) electrons. The van der Waals surface area contributed by atoms with E-state index in [1.165, 1.54) is 13.2 Å². The lowest BCUT2D eigenvalue weighted by Crippen LogP contribution is -2.13. The summed E-state index contributed by atoms with van der Waals surface area (Å²) in [5.41, 5.74) is 2.83. The van der Waals surface area contributed by atoms with Crippen molar-refractivity contribution >= 4 is 10.0 Å². The summed E-state index contributed by atoms with van der Waals surface area (Å²) in [7, 11) is -2.40. The number of hydrogen-bond acceptors (Lipinski definition) is 3. The molecule has 0 spiro atoms. The molecule has 0 aromatic heterocycles. The minimum absolute atomic E-state index is 0.00393. The van der Waals surface area contributed by atoms with Crippen LogP contribution in [0.4, 0.5) is 0 Å². The van der Waals surface area contributed by atoms with E-state index in [4.69, 9.17) is 9.88 Å². The van der Waals surface area contributed by atoms with Crippen molar-refractivity contribution in [1.82, 2.24) is 0 Å². The molecule has 100 valence electrons. The molecule has 0 fully saturated rings. The number of nitrogens with two attached hydrogens (primary N) is 1. The molecule has 0 atom stereocenters. The van der Waals surface area contributed by atoms with Crippen molar-refractivity contribution in [2.24, 2.45) is 5.14 Å². The van der Waals surface area contributed by atoms with Gasteiger partial charge in [0.15, 0.2) is 0 Å². The van der Waals surface area contributed by atoms with E-state index < -0.39 is 10.0 Å². The summed E-state index contributed by atoms with van der Waals surface area (Å²) < 4.78 is 28.2. The molecule has 2 N–H and O–H groups in total. The zero-order valence-electron chi connectivity index (χ0n) is 10.8. The van der Waals surface area contributed by atoms with Crippen molar-refractivity contribution < 1.29 is 13.2 Å². The number of methoxy groups -OCH3 is 1. The van der Waals surface area contributed by atoms with E-state index in [0.717, 1.165) is 16.7 Å². The van der Waals surface area contributed by atoms with Crippen LogP contribution in [-0.2, 0) is 10.0 Å². The molecule has 0 bridgehead atoms. The smallest absolute Gasteiger partial charge is 0.241 e. The Labute approximate surface area is 112 Å². The molecular weight excluding hydrogens is 262 g/mol. The van der Waals surface area contributed by atoms with Gasteiger partial charge in [-0.3, -0.25) is 0 Å². The van der Waals surface area contributed by atoms with E-state index in [2.05, 4.69) is 0 Å². The lowest BCUT2D eigenvalue weighted by atomic mass is 10.0. The fraction of sp³-hybridized carbons (Fsp3) is 0.143. The Balaban J connectivity index is 2.66. The SMILES string of the molecule is COc1ccc(-c2ccccc2C)cc1S(N)(=O)=O. The van der Waals surface area contributed by atoms with E-state index in [1.807, 2.05) is 37.3 Å². The molecule has 2 aromatic carbocycles. The Hall–Kier alpha value is -1.85. The number of aryl methyl sites for hydroxylation is 1. The number of sulfonamides is 1. The van der Waals surface area contributed by atoms with Crippen molar-refractivity contribution in [2.45, 2.75) is 11.8 Å². The first-order valence-electron chi connectivity index (χ1n) is 5.70. The van der Waals surface area contributed by atoms with Crippen LogP contribution in [0, 0.1) is 6.92 Å². The molecular formula is C14H15NO3S. The van der Waals surface area contributed by atoms with Gasteiger partial charge in [0.05, 0.1) is 7.11 Å². The summed E-state index contributed by atoms with van der Waals surface area (Å²) in [6.07, 6.45) is 0. The van der Waals surface area contributed by atoms with Crippen LogP contribution in [-0.4, -0.2) is 15.5 Å². The number of hydrogen-bond donors (Lipinski definition) is 1. The molecule has 19 heavy (non-hydrogen) atoms. The van der Waals surface area contributed by atoms with Gasteiger partial charge in [-0.1, -0.05) is 30.3 Å². The van der Waals surface area contributed by atoms with Crippen LogP contribution >= 0.6 is 0 Å². The summed E-state index contributed by atoms with van der Waals surface area (Å²) in [6.45, 7) is 1.97. The highest BCUT2D eigenvalue weighted by molar-refractivity contribution is 7.89. The monoisotopic (exact) mass is 277 g/mol. The van der Waals surface area contributed by atoms with Crippen molar-refractivity contribution in [3.05, 3.63) is 48.0 Å². The topological polar surface area (TPSA) is 69.4 Å². The van der Waals surface area contributed by atoms with Crippen molar-refractivity contribution in [3.63, 3.8) is 0 Å². The third-order valence-corrected chi connectivity index (χ3v) is 3.86. The summed E-state index contributed by atoms with van der Waals surface area (Å²) in [5.74, 6) is 0.250. The molecule has 5 heteroatoms. The molecule has 0 heterocycles. The molecule has 0 aliphatic rings. The maximum absolute atomic E-state index is 11.6. The summed E-state index contributed by atoms with van der Waals surface area (Å²) in [5, 5.41) is 5.21. The first-order valence-corrected chi connectivity index (χ1v) is 7.25. The van der Waals surface area contributed by atoms with E-state index in [1.54, 1.807) is 6.07 Å². The lowest BCUT2D eigenvalue weighted by Gasteiger charge is -2.10. The lowest BCUT2D eigenvalue weighted by molar-refractivity contribution is 0.403. The van der Waals surface area contributed by atoms with Gasteiger partial charge >= 0.3 is 0 Å². The normalized spacial score (nSPS) is 11.3. The number of benzene rings is 2. The Morgan fingerprint density at radius 1 is 1.11 bits per heavy atom. The van der Waals surface area contributed by atoms with Crippen LogP contribution in [0.1, 0.15) is 5.56 Å². The zero-order chi connectivity index (χ0) is 14.0. The van der Waals surface area contributed by atoms with E-state index >= 15 is 0 Å². The molecule has 0 amide bonds. The van der Waals surface area contributed by atoms with E-state index in [-0.39, 0.29) is 10.6 Å². The van der Waals surface area contributed by atoms with Crippen LogP contribution in [0.25, 0.3) is 11.1 Å². The van der Waals surface area contributed by atoms with Gasteiger partial charge in [-0.05, 0) is 35.7 Å². The molecule has 0 aliphatic heterocycles. The highest BCUT2D eigenvalue weighted by Crippen LogP contribution is 2.30. The summed E-state index contributed by atoms with van der Waals surface area (Å²) >= 11 is 0. The second-order valence-electron chi connectivity index (χ2n) is 4.23. The second-order valence-corrected chi connectivity index (χ2v) is 5.76. The minimum Gasteiger partial charge on any atom is -0.495 e. The largest absolute Gasteiger partial charge is 0.495 e. The standard InChI is InChI=1S/C14H15NO3S/c1-10-5-3-4-6-12(10)11-7-8-13(18-2)14(9-11)19(15,16)17/h3-9H,1-2H3,(H2,15,16,17). The average molecular weight is 277 g/mol. The predicted octanol–water partition coefficient (Wildman–Crippen LogP) is 2.32. The van der Waals surface area contributed by atoms with Gasteiger partial charge in [0, 0.05) is 0 Å². The van der Waals surface area contributed by atoms with Crippen LogP contribution in [0.5, 0.6) is 5.75 Å². The fourth-order valence-corrected chi connectivity index (χ4v) is 2.69. The van der Waals surface area contributed by atoms with Crippen LogP contribution < -0.4 is 9.88 Å². The Morgan fingerprint density at radius 3 is 2.37 bits per heavy atom. The van der Waals surface area contributed by atoms with Gasteiger partial charge in [-0.15, -0.1) is 0 Å². The third-order valence-electron chi connectivity index (χ3n) is 2.93. The minimum atomic E-state index is -3.81. The first kappa shape index (κ1) is 13.6.